The number of carbonyl (C=O) groups is 1. The summed E-state index contributed by atoms with van der Waals surface area (Å²) in [6.07, 6.45) is 0. The normalized spacial score (nSPS) is 10.1. The highest BCUT2D eigenvalue weighted by Crippen LogP contribution is 2.31. The Labute approximate surface area is 127 Å². The monoisotopic (exact) mass is 384 g/mol. The van der Waals surface area contributed by atoms with Gasteiger partial charge in [-0.3, -0.25) is 10.1 Å². The third kappa shape index (κ3) is 3.05. The molecule has 0 heterocycles. The van der Waals surface area contributed by atoms with Crippen molar-refractivity contribution in [3.63, 3.8) is 0 Å². The van der Waals surface area contributed by atoms with Crippen molar-refractivity contribution in [2.45, 2.75) is 0 Å². The van der Waals surface area contributed by atoms with Crippen molar-refractivity contribution in [3.8, 4) is 0 Å². The molecule has 0 aromatic heterocycles. The largest absolute Gasteiger partial charge is 0.478 e. The zero-order valence-corrected chi connectivity index (χ0v) is 12.2. The van der Waals surface area contributed by atoms with Crippen LogP contribution in [0.15, 0.2) is 42.5 Å². The van der Waals surface area contributed by atoms with Gasteiger partial charge in [0.25, 0.3) is 5.69 Å². The highest BCUT2D eigenvalue weighted by Gasteiger charge is 2.21. The van der Waals surface area contributed by atoms with Crippen molar-refractivity contribution in [3.05, 3.63) is 61.7 Å². The molecule has 102 valence electrons. The summed E-state index contributed by atoms with van der Waals surface area (Å²) in [5.74, 6) is -1.22. The zero-order chi connectivity index (χ0) is 14.7. The minimum Gasteiger partial charge on any atom is -0.478 e. The molecular weight excluding hydrogens is 375 g/mol. The molecule has 2 aromatic rings. The molecule has 2 aromatic carbocycles. The Morgan fingerprint density at radius 2 is 1.85 bits per heavy atom. The number of hydrogen-bond donors (Lipinski definition) is 2. The van der Waals surface area contributed by atoms with Crippen molar-refractivity contribution in [1.82, 2.24) is 0 Å². The van der Waals surface area contributed by atoms with Crippen LogP contribution in [0.3, 0.4) is 0 Å². The van der Waals surface area contributed by atoms with Crippen molar-refractivity contribution in [1.29, 1.82) is 0 Å². The van der Waals surface area contributed by atoms with Crippen molar-refractivity contribution >= 4 is 45.6 Å². The zero-order valence-electron chi connectivity index (χ0n) is 10.0. The van der Waals surface area contributed by atoms with Gasteiger partial charge in [0, 0.05) is 15.3 Å². The summed E-state index contributed by atoms with van der Waals surface area (Å²) >= 11 is 2.13. The predicted octanol–water partition coefficient (Wildman–Crippen LogP) is 3.64. The quantitative estimate of drug-likeness (QED) is 0.477. The Hall–Kier alpha value is -2.16. The number of hydrogen-bond acceptors (Lipinski definition) is 4. The Kier molecular flexibility index (Phi) is 4.18. The maximum absolute atomic E-state index is 11.2. The molecule has 2 N–H and O–H groups in total. The minimum absolute atomic E-state index is 0.0220. The lowest BCUT2D eigenvalue weighted by atomic mass is 10.1. The number of nitro benzene ring substituents is 1. The van der Waals surface area contributed by atoms with Crippen LogP contribution in [0.2, 0.25) is 0 Å². The van der Waals surface area contributed by atoms with Gasteiger partial charge in [0.2, 0.25) is 0 Å². The Bertz CT molecular complexity index is 638. The minimum atomic E-state index is -1.22. The molecule has 0 amide bonds. The second-order valence-electron chi connectivity index (χ2n) is 3.89. The molecule has 20 heavy (non-hydrogen) atoms. The van der Waals surface area contributed by atoms with E-state index in [1.807, 2.05) is 12.1 Å². The SMILES string of the molecule is O=C(O)c1cccc([N+](=O)[O-])c1Nc1ccc(I)cc1. The van der Waals surface area contributed by atoms with E-state index in [9.17, 15) is 14.9 Å². The van der Waals surface area contributed by atoms with E-state index in [1.165, 1.54) is 18.2 Å². The molecule has 0 aliphatic rings. The molecule has 0 fully saturated rings. The van der Waals surface area contributed by atoms with Crippen LogP contribution in [0.5, 0.6) is 0 Å². The van der Waals surface area contributed by atoms with Crippen LogP contribution in [0.25, 0.3) is 0 Å². The van der Waals surface area contributed by atoms with Gasteiger partial charge in [0.1, 0.15) is 5.69 Å². The summed E-state index contributed by atoms with van der Waals surface area (Å²) in [5.41, 5.74) is 0.148. The molecule has 0 saturated heterocycles. The maximum atomic E-state index is 11.2. The number of rotatable bonds is 4. The number of nitro groups is 1. The molecule has 0 aliphatic heterocycles. The first-order valence-corrected chi connectivity index (χ1v) is 6.60. The smallest absolute Gasteiger partial charge is 0.338 e. The van der Waals surface area contributed by atoms with Gasteiger partial charge in [-0.1, -0.05) is 6.07 Å². The summed E-state index contributed by atoms with van der Waals surface area (Å²) in [6.45, 7) is 0. The average molecular weight is 384 g/mol. The van der Waals surface area contributed by atoms with Crippen LogP contribution in [-0.2, 0) is 0 Å². The summed E-state index contributed by atoms with van der Waals surface area (Å²) in [7, 11) is 0. The summed E-state index contributed by atoms with van der Waals surface area (Å²) in [5, 5.41) is 22.9. The molecule has 0 saturated carbocycles. The molecule has 6 nitrogen and oxygen atoms in total. The van der Waals surface area contributed by atoms with Gasteiger partial charge >= 0.3 is 5.97 Å². The number of benzene rings is 2. The van der Waals surface area contributed by atoms with Crippen LogP contribution < -0.4 is 5.32 Å². The third-order valence-electron chi connectivity index (χ3n) is 2.58. The summed E-state index contributed by atoms with van der Waals surface area (Å²) in [6, 6.07) is 11.0. The molecule has 2 rings (SSSR count). The Morgan fingerprint density at radius 3 is 2.40 bits per heavy atom. The second-order valence-corrected chi connectivity index (χ2v) is 5.14. The van der Waals surface area contributed by atoms with E-state index in [1.54, 1.807) is 12.1 Å². The van der Waals surface area contributed by atoms with Crippen LogP contribution in [0, 0.1) is 13.7 Å². The van der Waals surface area contributed by atoms with Gasteiger partial charge in [-0.05, 0) is 52.9 Å². The average Bonchev–Trinajstić information content (AvgIpc) is 2.41. The number of nitrogens with zero attached hydrogens (tertiary/aromatic N) is 1. The van der Waals surface area contributed by atoms with Crippen LogP contribution in [0.1, 0.15) is 10.4 Å². The van der Waals surface area contributed by atoms with E-state index in [-0.39, 0.29) is 16.9 Å². The molecule has 0 atom stereocenters. The molecule has 0 radical (unpaired) electrons. The second kappa shape index (κ2) is 5.87. The third-order valence-corrected chi connectivity index (χ3v) is 3.30. The van der Waals surface area contributed by atoms with Gasteiger partial charge < -0.3 is 10.4 Å². The summed E-state index contributed by atoms with van der Waals surface area (Å²) < 4.78 is 1.01. The van der Waals surface area contributed by atoms with Crippen LogP contribution >= 0.6 is 22.6 Å². The number of anilines is 2. The molecule has 0 spiro atoms. The number of carboxylic acid groups (broad SMARTS) is 1. The van der Waals surface area contributed by atoms with Gasteiger partial charge in [0.05, 0.1) is 10.5 Å². The van der Waals surface area contributed by atoms with Crippen LogP contribution in [-0.4, -0.2) is 16.0 Å². The Morgan fingerprint density at radius 1 is 1.20 bits per heavy atom. The molecule has 7 heteroatoms. The van der Waals surface area contributed by atoms with Gasteiger partial charge in [-0.15, -0.1) is 0 Å². The first-order chi connectivity index (χ1) is 9.49. The lowest BCUT2D eigenvalue weighted by Crippen LogP contribution is -2.05. The first kappa shape index (κ1) is 14.3. The van der Waals surface area contributed by atoms with Crippen molar-refractivity contribution < 1.29 is 14.8 Å². The predicted molar refractivity (Wildman–Crippen MR) is 82.5 cm³/mol. The molecular formula is C13H9IN2O4. The van der Waals surface area contributed by atoms with E-state index < -0.39 is 10.9 Å². The van der Waals surface area contributed by atoms with E-state index in [0.29, 0.717) is 5.69 Å². The van der Waals surface area contributed by atoms with E-state index >= 15 is 0 Å². The standard InChI is InChI=1S/C13H9IN2O4/c14-8-4-6-9(7-5-8)15-12-10(13(17)18)2-1-3-11(12)16(19)20/h1-7,15H,(H,17,18). The number of halogens is 1. The number of para-hydroxylation sites is 1. The fraction of sp³-hybridized carbons (Fsp3) is 0. The topological polar surface area (TPSA) is 92.5 Å². The lowest BCUT2D eigenvalue weighted by Gasteiger charge is -2.10. The number of nitrogens with one attached hydrogen (secondary N) is 1. The van der Waals surface area contributed by atoms with Crippen molar-refractivity contribution in [2.75, 3.05) is 5.32 Å². The maximum Gasteiger partial charge on any atom is 0.338 e. The highest BCUT2D eigenvalue weighted by molar-refractivity contribution is 14.1. The summed E-state index contributed by atoms with van der Waals surface area (Å²) in [4.78, 5) is 21.6. The first-order valence-electron chi connectivity index (χ1n) is 5.52. The highest BCUT2D eigenvalue weighted by atomic mass is 127. The van der Waals surface area contributed by atoms with E-state index in [0.717, 1.165) is 3.57 Å². The fourth-order valence-corrected chi connectivity index (χ4v) is 2.04. The molecule has 0 aliphatic carbocycles. The van der Waals surface area contributed by atoms with Gasteiger partial charge in [-0.25, -0.2) is 4.79 Å². The lowest BCUT2D eigenvalue weighted by molar-refractivity contribution is -0.383. The molecule has 0 unspecified atom stereocenters. The van der Waals surface area contributed by atoms with Crippen molar-refractivity contribution in [2.24, 2.45) is 0 Å². The van der Waals surface area contributed by atoms with Gasteiger partial charge in [0.15, 0.2) is 0 Å². The fourth-order valence-electron chi connectivity index (χ4n) is 1.68. The Balaban J connectivity index is 2.50. The van der Waals surface area contributed by atoms with E-state index in [4.69, 9.17) is 5.11 Å². The number of aromatic carboxylic acids is 1. The number of carboxylic acids is 1. The van der Waals surface area contributed by atoms with E-state index in [2.05, 4.69) is 27.9 Å². The van der Waals surface area contributed by atoms with Crippen LogP contribution in [0.4, 0.5) is 17.1 Å². The molecule has 0 bridgehead atoms. The van der Waals surface area contributed by atoms with Gasteiger partial charge in [-0.2, -0.15) is 0 Å².